The van der Waals surface area contributed by atoms with E-state index in [2.05, 4.69) is 17.2 Å². The number of hydrogen-bond donors (Lipinski definition) is 2. The van der Waals surface area contributed by atoms with E-state index >= 15 is 0 Å². The number of benzene rings is 2. The van der Waals surface area contributed by atoms with E-state index in [0.717, 1.165) is 0 Å². The molecule has 0 fully saturated rings. The maximum absolute atomic E-state index is 13.0. The van der Waals surface area contributed by atoms with E-state index in [-0.39, 0.29) is 11.4 Å². The molecule has 0 aromatic heterocycles. The molecule has 2 aromatic rings. The van der Waals surface area contributed by atoms with Gasteiger partial charge in [-0.1, -0.05) is 18.2 Å². The van der Waals surface area contributed by atoms with Crippen LogP contribution in [0.5, 0.6) is 0 Å². The predicted octanol–water partition coefficient (Wildman–Crippen LogP) is 3.42. The Kier molecular flexibility index (Phi) is 6.28. The average Bonchev–Trinajstić information content (AvgIpc) is 2.61. The first-order valence-corrected chi connectivity index (χ1v) is 7.72. The van der Waals surface area contributed by atoms with Crippen LogP contribution < -0.4 is 10.6 Å². The van der Waals surface area contributed by atoms with Gasteiger partial charge in [-0.05, 0) is 43.3 Å². The van der Waals surface area contributed by atoms with Gasteiger partial charge < -0.3 is 15.4 Å². The third kappa shape index (κ3) is 5.17. The number of anilines is 2. The fraction of sp³-hybridized carbons (Fsp3) is 0.158. The number of esters is 1. The molecule has 1 unspecified atom stereocenters. The molecule has 6 heteroatoms. The summed E-state index contributed by atoms with van der Waals surface area (Å²) in [6.07, 6.45) is 0.597. The highest BCUT2D eigenvalue weighted by atomic mass is 19.1. The summed E-state index contributed by atoms with van der Waals surface area (Å²) in [5.74, 6) is -1.39. The quantitative estimate of drug-likeness (QED) is 0.598. The molecule has 0 radical (unpaired) electrons. The first-order valence-electron chi connectivity index (χ1n) is 7.72. The van der Waals surface area contributed by atoms with Crippen molar-refractivity contribution in [2.24, 2.45) is 0 Å². The lowest BCUT2D eigenvalue weighted by molar-refractivity contribution is -0.128. The van der Waals surface area contributed by atoms with Crippen molar-refractivity contribution < 1.29 is 18.7 Å². The van der Waals surface area contributed by atoms with Crippen molar-refractivity contribution in [3.05, 3.63) is 72.6 Å². The van der Waals surface area contributed by atoms with Gasteiger partial charge in [0.15, 0.2) is 6.10 Å². The van der Waals surface area contributed by atoms with E-state index in [0.29, 0.717) is 17.9 Å². The van der Waals surface area contributed by atoms with Crippen molar-refractivity contribution in [2.75, 3.05) is 11.9 Å². The van der Waals surface area contributed by atoms with Gasteiger partial charge in [0, 0.05) is 12.2 Å². The van der Waals surface area contributed by atoms with Crippen LogP contribution >= 0.6 is 0 Å². The smallest absolute Gasteiger partial charge is 0.341 e. The topological polar surface area (TPSA) is 67.4 Å². The number of nitrogens with one attached hydrogen (secondary N) is 2. The number of amides is 1. The summed E-state index contributed by atoms with van der Waals surface area (Å²) in [5, 5.41) is 5.60. The Morgan fingerprint density at radius 3 is 2.56 bits per heavy atom. The SMILES string of the molecule is C=CCNC(=O)C(C)OC(=O)c1ccccc1Nc1ccc(F)cc1. The van der Waals surface area contributed by atoms with Crippen LogP contribution in [0.3, 0.4) is 0 Å². The van der Waals surface area contributed by atoms with E-state index in [1.165, 1.54) is 25.1 Å². The molecule has 0 saturated heterocycles. The van der Waals surface area contributed by atoms with E-state index < -0.39 is 18.0 Å². The number of hydrogen-bond acceptors (Lipinski definition) is 4. The summed E-state index contributed by atoms with van der Waals surface area (Å²) in [6.45, 7) is 5.29. The first kappa shape index (κ1) is 18.2. The van der Waals surface area contributed by atoms with Gasteiger partial charge in [0.1, 0.15) is 5.82 Å². The second kappa shape index (κ2) is 8.63. The molecular weight excluding hydrogens is 323 g/mol. The third-order valence-corrected chi connectivity index (χ3v) is 3.34. The maximum atomic E-state index is 13.0. The molecule has 2 aromatic carbocycles. The number of carbonyl (C=O) groups is 2. The minimum atomic E-state index is -0.939. The van der Waals surface area contributed by atoms with Crippen molar-refractivity contribution in [2.45, 2.75) is 13.0 Å². The Morgan fingerprint density at radius 1 is 1.20 bits per heavy atom. The Bertz CT molecular complexity index is 760. The van der Waals surface area contributed by atoms with Crippen LogP contribution in [-0.4, -0.2) is 24.5 Å². The van der Waals surface area contributed by atoms with Crippen molar-refractivity contribution in [1.82, 2.24) is 5.32 Å². The predicted molar refractivity (Wildman–Crippen MR) is 94.2 cm³/mol. The molecule has 1 amide bonds. The molecule has 5 nitrogen and oxygen atoms in total. The minimum absolute atomic E-state index is 0.273. The standard InChI is InChI=1S/C19H19FN2O3/c1-3-12-21-18(23)13(2)25-19(24)16-6-4-5-7-17(16)22-15-10-8-14(20)9-11-15/h3-11,13,22H,1,12H2,2H3,(H,21,23). The van der Waals surface area contributed by atoms with Gasteiger partial charge in [0.25, 0.3) is 5.91 Å². The Labute approximate surface area is 145 Å². The Morgan fingerprint density at radius 2 is 1.88 bits per heavy atom. The van der Waals surface area contributed by atoms with Gasteiger partial charge >= 0.3 is 5.97 Å². The van der Waals surface area contributed by atoms with Gasteiger partial charge in [-0.2, -0.15) is 0 Å². The molecular formula is C19H19FN2O3. The maximum Gasteiger partial charge on any atom is 0.341 e. The van der Waals surface area contributed by atoms with E-state index in [1.807, 2.05) is 0 Å². The first-order chi connectivity index (χ1) is 12.0. The number of halogens is 1. The van der Waals surface area contributed by atoms with Crippen molar-refractivity contribution in [1.29, 1.82) is 0 Å². The lowest BCUT2D eigenvalue weighted by Gasteiger charge is -2.15. The minimum Gasteiger partial charge on any atom is -0.449 e. The lowest BCUT2D eigenvalue weighted by atomic mass is 10.1. The molecule has 0 aliphatic carbocycles. The van der Waals surface area contributed by atoms with Crippen molar-refractivity contribution in [3.63, 3.8) is 0 Å². The monoisotopic (exact) mass is 342 g/mol. The summed E-state index contributed by atoms with van der Waals surface area (Å²) >= 11 is 0. The van der Waals surface area contributed by atoms with E-state index in [1.54, 1.807) is 36.4 Å². The zero-order valence-corrected chi connectivity index (χ0v) is 13.8. The zero-order chi connectivity index (χ0) is 18.2. The highest BCUT2D eigenvalue weighted by Crippen LogP contribution is 2.22. The molecule has 2 rings (SSSR count). The highest BCUT2D eigenvalue weighted by Gasteiger charge is 2.20. The second-order valence-corrected chi connectivity index (χ2v) is 5.26. The van der Waals surface area contributed by atoms with Crippen LogP contribution in [0.15, 0.2) is 61.2 Å². The molecule has 25 heavy (non-hydrogen) atoms. The number of rotatable bonds is 7. The summed E-state index contributed by atoms with van der Waals surface area (Å²) in [7, 11) is 0. The second-order valence-electron chi connectivity index (χ2n) is 5.26. The molecule has 0 saturated carbocycles. The summed E-state index contributed by atoms with van der Waals surface area (Å²) < 4.78 is 18.2. The molecule has 0 bridgehead atoms. The molecule has 0 spiro atoms. The van der Waals surface area contributed by atoms with Gasteiger partial charge in [0.2, 0.25) is 0 Å². The average molecular weight is 342 g/mol. The Balaban J connectivity index is 2.10. The zero-order valence-electron chi connectivity index (χ0n) is 13.8. The molecule has 2 N–H and O–H groups in total. The van der Waals surface area contributed by atoms with Crippen LogP contribution in [0.25, 0.3) is 0 Å². The van der Waals surface area contributed by atoms with E-state index in [9.17, 15) is 14.0 Å². The highest BCUT2D eigenvalue weighted by molar-refractivity contribution is 5.98. The van der Waals surface area contributed by atoms with Crippen molar-refractivity contribution >= 4 is 23.3 Å². The molecule has 0 heterocycles. The van der Waals surface area contributed by atoms with Gasteiger partial charge in [-0.3, -0.25) is 4.79 Å². The van der Waals surface area contributed by atoms with Crippen LogP contribution in [-0.2, 0) is 9.53 Å². The van der Waals surface area contributed by atoms with E-state index in [4.69, 9.17) is 4.74 Å². The third-order valence-electron chi connectivity index (χ3n) is 3.34. The number of carbonyl (C=O) groups excluding carboxylic acids is 2. The normalized spacial score (nSPS) is 11.3. The number of ether oxygens (including phenoxy) is 1. The largest absolute Gasteiger partial charge is 0.449 e. The fourth-order valence-corrected chi connectivity index (χ4v) is 2.05. The van der Waals surface area contributed by atoms with Gasteiger partial charge in [-0.25, -0.2) is 9.18 Å². The molecule has 1 atom stereocenters. The summed E-state index contributed by atoms with van der Waals surface area (Å²) in [5.41, 5.74) is 1.39. The summed E-state index contributed by atoms with van der Waals surface area (Å²) in [4.78, 5) is 24.2. The van der Waals surface area contributed by atoms with Crippen LogP contribution in [0.2, 0.25) is 0 Å². The summed E-state index contributed by atoms with van der Waals surface area (Å²) in [6, 6.07) is 12.5. The van der Waals surface area contributed by atoms with Crippen LogP contribution in [0.1, 0.15) is 17.3 Å². The molecule has 0 aliphatic heterocycles. The lowest BCUT2D eigenvalue weighted by Crippen LogP contribution is -2.35. The fourth-order valence-electron chi connectivity index (χ4n) is 2.05. The number of para-hydroxylation sites is 1. The van der Waals surface area contributed by atoms with Crippen molar-refractivity contribution in [3.8, 4) is 0 Å². The van der Waals surface area contributed by atoms with Gasteiger partial charge in [0.05, 0.1) is 11.3 Å². The van der Waals surface area contributed by atoms with Crippen LogP contribution in [0.4, 0.5) is 15.8 Å². The van der Waals surface area contributed by atoms with Gasteiger partial charge in [-0.15, -0.1) is 6.58 Å². The Hall–Kier alpha value is -3.15. The molecule has 130 valence electrons. The van der Waals surface area contributed by atoms with Crippen LogP contribution in [0, 0.1) is 5.82 Å². The molecule has 0 aliphatic rings.